The highest BCUT2D eigenvalue weighted by Gasteiger charge is 2.10. The second-order valence-corrected chi connectivity index (χ2v) is 6.65. The molecule has 160 valence electrons. The number of guanidine groups is 1. The van der Waals surface area contributed by atoms with Crippen molar-refractivity contribution in [3.05, 3.63) is 65.3 Å². The number of halogens is 3. The van der Waals surface area contributed by atoms with Gasteiger partial charge in [0.15, 0.2) is 5.96 Å². The number of hydrogen-bond donors (Lipinski definition) is 2. The number of aromatic nitrogens is 2. The van der Waals surface area contributed by atoms with Crippen LogP contribution in [0.5, 0.6) is 5.75 Å². The van der Waals surface area contributed by atoms with Gasteiger partial charge in [-0.3, -0.25) is 4.99 Å². The highest BCUT2D eigenvalue weighted by molar-refractivity contribution is 14.0. The first-order valence-electron chi connectivity index (χ1n) is 8.99. The van der Waals surface area contributed by atoms with Crippen LogP contribution in [0.3, 0.4) is 0 Å². The lowest BCUT2D eigenvalue weighted by molar-refractivity contribution is 0.223. The van der Waals surface area contributed by atoms with Crippen LogP contribution in [0.15, 0.2) is 58.0 Å². The second kappa shape index (κ2) is 11.7. The van der Waals surface area contributed by atoms with Crippen molar-refractivity contribution in [3.63, 3.8) is 0 Å². The van der Waals surface area contributed by atoms with Gasteiger partial charge in [0.1, 0.15) is 17.7 Å². The molecule has 3 rings (SSSR count). The van der Waals surface area contributed by atoms with Crippen LogP contribution in [0.4, 0.5) is 4.39 Å². The maximum atomic E-state index is 12.9. The summed E-state index contributed by atoms with van der Waals surface area (Å²) in [5.74, 6) is 1.74. The average Bonchev–Trinajstić information content (AvgIpc) is 3.19. The van der Waals surface area contributed by atoms with E-state index < -0.39 is 0 Å². The molecule has 0 saturated carbocycles. The first-order chi connectivity index (χ1) is 14.0. The number of nitrogens with one attached hydrogen (secondary N) is 2. The Morgan fingerprint density at radius 2 is 2.00 bits per heavy atom. The van der Waals surface area contributed by atoms with Crippen LogP contribution >= 0.6 is 35.6 Å². The summed E-state index contributed by atoms with van der Waals surface area (Å²) in [5, 5.41) is 10.8. The number of aliphatic imine (C=N–C) groups is 1. The molecule has 1 unspecified atom stereocenters. The Balaban J connectivity index is 0.00000320. The Kier molecular flexibility index (Phi) is 9.31. The zero-order valence-corrected chi connectivity index (χ0v) is 19.5. The molecule has 0 spiro atoms. The molecule has 10 heteroatoms. The molecule has 7 nitrogen and oxygen atoms in total. The molecule has 0 bridgehead atoms. The lowest BCUT2D eigenvalue weighted by Crippen LogP contribution is -2.41. The number of rotatable bonds is 7. The minimum atomic E-state index is -0.299. The zero-order chi connectivity index (χ0) is 20.6. The average molecular weight is 546 g/mol. The maximum absolute atomic E-state index is 12.9. The topological polar surface area (TPSA) is 84.6 Å². The summed E-state index contributed by atoms with van der Waals surface area (Å²) >= 11 is 5.99. The Morgan fingerprint density at radius 1 is 1.23 bits per heavy atom. The van der Waals surface area contributed by atoms with Gasteiger partial charge in [0, 0.05) is 17.6 Å². The van der Waals surface area contributed by atoms with Gasteiger partial charge in [-0.1, -0.05) is 28.9 Å². The SMILES string of the molecule is CN=C(NCc1nc(-c2cccc(Cl)c2)no1)NCC(C)Oc1ccc(F)cc1.I. The monoisotopic (exact) mass is 545 g/mol. The molecule has 0 saturated heterocycles. The first-order valence-corrected chi connectivity index (χ1v) is 9.36. The fourth-order valence-electron chi connectivity index (χ4n) is 2.48. The van der Waals surface area contributed by atoms with Crippen LogP contribution in [0, 0.1) is 5.82 Å². The molecule has 1 atom stereocenters. The van der Waals surface area contributed by atoms with Crippen LogP contribution in [0.25, 0.3) is 11.4 Å². The molecule has 30 heavy (non-hydrogen) atoms. The largest absolute Gasteiger partial charge is 0.489 e. The zero-order valence-electron chi connectivity index (χ0n) is 16.4. The van der Waals surface area contributed by atoms with Crippen LogP contribution < -0.4 is 15.4 Å². The molecule has 2 aromatic carbocycles. The summed E-state index contributed by atoms with van der Waals surface area (Å²) in [7, 11) is 1.66. The molecule has 0 aliphatic heterocycles. The van der Waals surface area contributed by atoms with Crippen LogP contribution in [-0.2, 0) is 6.54 Å². The predicted molar refractivity (Wildman–Crippen MR) is 125 cm³/mol. The standard InChI is InChI=1S/C20H21ClFN5O2.HI/c1-13(28-17-8-6-16(22)7-9-17)11-24-20(23-2)25-12-18-26-19(27-29-18)14-4-3-5-15(21)10-14;/h3-10,13H,11-12H2,1-2H3,(H2,23,24,25);1H. The number of ether oxygens (including phenoxy) is 1. The smallest absolute Gasteiger partial charge is 0.246 e. The minimum Gasteiger partial charge on any atom is -0.489 e. The van der Waals surface area contributed by atoms with E-state index in [1.807, 2.05) is 19.1 Å². The molecule has 2 N–H and O–H groups in total. The van der Waals surface area contributed by atoms with E-state index in [0.717, 1.165) is 5.56 Å². The van der Waals surface area contributed by atoms with Crippen LogP contribution in [0.2, 0.25) is 5.02 Å². The Morgan fingerprint density at radius 3 is 2.70 bits per heavy atom. The van der Waals surface area contributed by atoms with E-state index >= 15 is 0 Å². The van der Waals surface area contributed by atoms with Gasteiger partial charge in [-0.15, -0.1) is 24.0 Å². The normalized spacial score (nSPS) is 12.1. The molecular weight excluding hydrogens is 524 g/mol. The van der Waals surface area contributed by atoms with Crippen molar-refractivity contribution in [2.24, 2.45) is 4.99 Å². The van der Waals surface area contributed by atoms with Gasteiger partial charge in [0.25, 0.3) is 0 Å². The lowest BCUT2D eigenvalue weighted by Gasteiger charge is -2.17. The van der Waals surface area contributed by atoms with Gasteiger partial charge >= 0.3 is 0 Å². The van der Waals surface area contributed by atoms with Crippen molar-refractivity contribution >= 4 is 41.5 Å². The summed E-state index contributed by atoms with van der Waals surface area (Å²) in [5.41, 5.74) is 0.779. The Labute approximate surface area is 196 Å². The third kappa shape index (κ3) is 7.13. The van der Waals surface area contributed by atoms with Crippen molar-refractivity contribution in [2.45, 2.75) is 19.6 Å². The van der Waals surface area contributed by atoms with Gasteiger partial charge in [-0.25, -0.2) is 4.39 Å². The molecular formula is C20H22ClFIN5O2. The quantitative estimate of drug-likeness (QED) is 0.262. The van der Waals surface area contributed by atoms with Gasteiger partial charge in [0.2, 0.25) is 11.7 Å². The van der Waals surface area contributed by atoms with Crippen LogP contribution in [-0.4, -0.2) is 35.8 Å². The molecule has 1 heterocycles. The summed E-state index contributed by atoms with van der Waals surface area (Å²) in [4.78, 5) is 8.50. The lowest BCUT2D eigenvalue weighted by atomic mass is 10.2. The molecule has 0 aliphatic carbocycles. The van der Waals surface area contributed by atoms with Crippen molar-refractivity contribution in [1.29, 1.82) is 0 Å². The molecule has 0 radical (unpaired) electrons. The summed E-state index contributed by atoms with van der Waals surface area (Å²) < 4.78 is 23.9. The van der Waals surface area contributed by atoms with Crippen molar-refractivity contribution < 1.29 is 13.7 Å². The third-order valence-electron chi connectivity index (χ3n) is 3.89. The summed E-state index contributed by atoms with van der Waals surface area (Å²) in [6, 6.07) is 13.1. The fourth-order valence-corrected chi connectivity index (χ4v) is 2.67. The predicted octanol–water partition coefficient (Wildman–Crippen LogP) is 4.28. The van der Waals surface area contributed by atoms with E-state index in [-0.39, 0.29) is 35.9 Å². The molecule has 0 aliphatic rings. The molecule has 0 amide bonds. The van der Waals surface area contributed by atoms with E-state index in [0.29, 0.717) is 41.5 Å². The Bertz CT molecular complexity index is 968. The highest BCUT2D eigenvalue weighted by atomic mass is 127. The molecule has 0 fully saturated rings. The number of hydrogen-bond acceptors (Lipinski definition) is 5. The fraction of sp³-hybridized carbons (Fsp3) is 0.250. The number of nitrogens with zero attached hydrogens (tertiary/aromatic N) is 3. The Hall–Kier alpha value is -2.40. The van der Waals surface area contributed by atoms with Crippen molar-refractivity contribution in [2.75, 3.05) is 13.6 Å². The minimum absolute atomic E-state index is 0. The summed E-state index contributed by atoms with van der Waals surface area (Å²) in [6.45, 7) is 2.70. The van der Waals surface area contributed by atoms with Crippen LogP contribution in [0.1, 0.15) is 12.8 Å². The first kappa shape index (κ1) is 23.9. The van der Waals surface area contributed by atoms with Crippen molar-refractivity contribution in [1.82, 2.24) is 20.8 Å². The van der Waals surface area contributed by atoms with E-state index in [2.05, 4.69) is 25.8 Å². The summed E-state index contributed by atoms with van der Waals surface area (Å²) in [6.07, 6.45) is -0.156. The maximum Gasteiger partial charge on any atom is 0.246 e. The second-order valence-electron chi connectivity index (χ2n) is 6.21. The number of benzene rings is 2. The highest BCUT2D eigenvalue weighted by Crippen LogP contribution is 2.19. The van der Waals surface area contributed by atoms with E-state index in [4.69, 9.17) is 20.9 Å². The molecule has 1 aromatic heterocycles. The van der Waals surface area contributed by atoms with Gasteiger partial charge in [-0.2, -0.15) is 4.98 Å². The van der Waals surface area contributed by atoms with Gasteiger partial charge in [0.05, 0.1) is 13.1 Å². The van der Waals surface area contributed by atoms with E-state index in [9.17, 15) is 4.39 Å². The van der Waals surface area contributed by atoms with Gasteiger partial charge in [-0.05, 0) is 43.3 Å². The van der Waals surface area contributed by atoms with E-state index in [1.165, 1.54) is 12.1 Å². The van der Waals surface area contributed by atoms with Crippen molar-refractivity contribution in [3.8, 4) is 17.1 Å². The molecule has 3 aromatic rings. The third-order valence-corrected chi connectivity index (χ3v) is 4.12. The van der Waals surface area contributed by atoms with Gasteiger partial charge < -0.3 is 19.9 Å². The van der Waals surface area contributed by atoms with E-state index in [1.54, 1.807) is 31.3 Å².